The highest BCUT2D eigenvalue weighted by molar-refractivity contribution is 6.09. The minimum Gasteiger partial charge on any atom is -0.469 e. The fraction of sp³-hybridized carbons (Fsp3) is 0.263. The van der Waals surface area contributed by atoms with Crippen LogP contribution in [0.25, 0.3) is 0 Å². The smallest absolute Gasteiger partial charge is 0.342 e. The normalized spacial score (nSPS) is 34.2. The SMILES string of the molecule is O=C1OC(c2ccccc2)=N[C@@]12[C@@H]1C=C[C@@H](C1)[C@@H]2c1ccco1. The zero-order valence-corrected chi connectivity index (χ0v) is 12.4. The van der Waals surface area contributed by atoms with Crippen LogP contribution in [-0.2, 0) is 9.53 Å². The number of cyclic esters (lactones) is 1. The molecule has 2 heterocycles. The average molecular weight is 305 g/mol. The molecule has 0 amide bonds. The van der Waals surface area contributed by atoms with Crippen molar-refractivity contribution in [3.8, 4) is 0 Å². The van der Waals surface area contributed by atoms with Gasteiger partial charge in [0.05, 0.1) is 12.2 Å². The molecule has 4 nitrogen and oxygen atoms in total. The van der Waals surface area contributed by atoms with Gasteiger partial charge in [-0.15, -0.1) is 0 Å². The third kappa shape index (κ3) is 1.61. The summed E-state index contributed by atoms with van der Waals surface area (Å²) in [6.07, 6.45) is 6.88. The van der Waals surface area contributed by atoms with Crippen molar-refractivity contribution in [1.29, 1.82) is 0 Å². The Balaban J connectivity index is 1.66. The van der Waals surface area contributed by atoms with E-state index in [9.17, 15) is 4.79 Å². The van der Waals surface area contributed by atoms with Crippen LogP contribution in [0.1, 0.15) is 23.7 Å². The molecule has 2 aromatic rings. The van der Waals surface area contributed by atoms with Crippen LogP contribution in [0.4, 0.5) is 0 Å². The standard InChI is InChI=1S/C19H15NO3/c21-18-19(20-17(23-18)12-5-2-1-3-6-12)14-9-8-13(11-14)16(19)15-7-4-10-22-15/h1-10,13-14,16H,11H2/t13-,14+,16+,19+/m0/s1. The van der Waals surface area contributed by atoms with E-state index in [1.54, 1.807) is 6.26 Å². The highest BCUT2D eigenvalue weighted by Crippen LogP contribution is 2.59. The van der Waals surface area contributed by atoms with Gasteiger partial charge in [0, 0.05) is 11.5 Å². The van der Waals surface area contributed by atoms with Crippen LogP contribution >= 0.6 is 0 Å². The minimum atomic E-state index is -0.873. The lowest BCUT2D eigenvalue weighted by molar-refractivity contribution is -0.140. The number of nitrogens with zero attached hydrogens (tertiary/aromatic N) is 1. The third-order valence-electron chi connectivity index (χ3n) is 5.26. The summed E-state index contributed by atoms with van der Waals surface area (Å²) in [4.78, 5) is 17.7. The summed E-state index contributed by atoms with van der Waals surface area (Å²) in [5.41, 5.74) is -0.0368. The molecule has 0 N–H and O–H groups in total. The van der Waals surface area contributed by atoms with Gasteiger partial charge < -0.3 is 9.15 Å². The average Bonchev–Trinajstić information content (AvgIpc) is 3.34. The number of furan rings is 1. The Morgan fingerprint density at radius 1 is 1.09 bits per heavy atom. The van der Waals surface area contributed by atoms with Crippen molar-refractivity contribution in [3.05, 3.63) is 72.2 Å². The maximum Gasteiger partial charge on any atom is 0.342 e. The summed E-state index contributed by atoms with van der Waals surface area (Å²) in [7, 11) is 0. The summed E-state index contributed by atoms with van der Waals surface area (Å²) in [5, 5.41) is 0. The van der Waals surface area contributed by atoms with Crippen LogP contribution in [0, 0.1) is 11.8 Å². The molecule has 3 aliphatic rings. The number of hydrogen-bond donors (Lipinski definition) is 0. The zero-order valence-electron chi connectivity index (χ0n) is 12.4. The molecule has 4 heteroatoms. The van der Waals surface area contributed by atoms with Gasteiger partial charge in [0.25, 0.3) is 0 Å². The van der Waals surface area contributed by atoms with Gasteiger partial charge in [-0.3, -0.25) is 0 Å². The molecular formula is C19H15NO3. The molecule has 5 rings (SSSR count). The third-order valence-corrected chi connectivity index (χ3v) is 5.26. The Kier molecular flexibility index (Phi) is 2.49. The van der Waals surface area contributed by atoms with E-state index in [1.807, 2.05) is 42.5 Å². The second-order valence-electron chi connectivity index (χ2n) is 6.38. The van der Waals surface area contributed by atoms with E-state index in [1.165, 1.54) is 0 Å². The van der Waals surface area contributed by atoms with Crippen LogP contribution in [0.3, 0.4) is 0 Å². The van der Waals surface area contributed by atoms with Gasteiger partial charge in [-0.2, -0.15) is 0 Å². The maximum absolute atomic E-state index is 12.9. The number of esters is 1. The van der Waals surface area contributed by atoms with E-state index < -0.39 is 5.54 Å². The Morgan fingerprint density at radius 3 is 2.74 bits per heavy atom. The number of aliphatic imine (C=N–C) groups is 1. The van der Waals surface area contributed by atoms with Crippen LogP contribution < -0.4 is 0 Å². The van der Waals surface area contributed by atoms with Crippen LogP contribution in [0.5, 0.6) is 0 Å². The molecule has 1 aliphatic heterocycles. The fourth-order valence-electron chi connectivity index (χ4n) is 4.29. The number of allylic oxidation sites excluding steroid dienone is 1. The molecule has 114 valence electrons. The Labute approximate surface area is 133 Å². The van der Waals surface area contributed by atoms with Crippen molar-refractivity contribution in [2.75, 3.05) is 0 Å². The van der Waals surface area contributed by atoms with Crippen molar-refractivity contribution in [2.24, 2.45) is 16.8 Å². The van der Waals surface area contributed by atoms with Crippen molar-refractivity contribution in [3.63, 3.8) is 0 Å². The molecule has 23 heavy (non-hydrogen) atoms. The van der Waals surface area contributed by atoms with Gasteiger partial charge in [0.15, 0.2) is 5.54 Å². The lowest BCUT2D eigenvalue weighted by Crippen LogP contribution is -2.43. The quantitative estimate of drug-likeness (QED) is 0.632. The van der Waals surface area contributed by atoms with Crippen molar-refractivity contribution in [2.45, 2.75) is 17.9 Å². The highest BCUT2D eigenvalue weighted by atomic mass is 16.6. The first-order valence-corrected chi connectivity index (χ1v) is 7.88. The number of ether oxygens (including phenoxy) is 1. The molecular weight excluding hydrogens is 290 g/mol. The molecule has 2 bridgehead atoms. The topological polar surface area (TPSA) is 51.8 Å². The summed E-state index contributed by atoms with van der Waals surface area (Å²) in [5.74, 6) is 1.26. The molecule has 1 fully saturated rings. The van der Waals surface area contributed by atoms with Gasteiger partial charge in [-0.1, -0.05) is 30.4 Å². The molecule has 0 saturated heterocycles. The molecule has 4 atom stereocenters. The van der Waals surface area contributed by atoms with Crippen LogP contribution in [-0.4, -0.2) is 17.4 Å². The molecule has 1 aromatic heterocycles. The number of benzene rings is 1. The predicted molar refractivity (Wildman–Crippen MR) is 84.0 cm³/mol. The van der Waals surface area contributed by atoms with E-state index in [0.29, 0.717) is 5.90 Å². The van der Waals surface area contributed by atoms with Gasteiger partial charge in [0.1, 0.15) is 5.76 Å². The van der Waals surface area contributed by atoms with Gasteiger partial charge in [0.2, 0.25) is 5.90 Å². The summed E-state index contributed by atoms with van der Waals surface area (Å²) < 4.78 is 11.2. The molecule has 1 saturated carbocycles. The molecule has 1 aromatic carbocycles. The summed E-state index contributed by atoms with van der Waals surface area (Å²) in [6, 6.07) is 13.4. The first-order valence-electron chi connectivity index (χ1n) is 7.88. The summed E-state index contributed by atoms with van der Waals surface area (Å²) in [6.45, 7) is 0. The van der Waals surface area contributed by atoms with Gasteiger partial charge >= 0.3 is 5.97 Å². The molecule has 0 unspecified atom stereocenters. The predicted octanol–water partition coefficient (Wildman–Crippen LogP) is 3.31. The maximum atomic E-state index is 12.9. The number of rotatable bonds is 2. The zero-order chi connectivity index (χ0) is 15.4. The number of carbonyl (C=O) groups is 1. The van der Waals surface area contributed by atoms with Crippen molar-refractivity contribution < 1.29 is 13.9 Å². The van der Waals surface area contributed by atoms with E-state index in [0.717, 1.165) is 17.7 Å². The first-order chi connectivity index (χ1) is 11.3. The molecule has 2 aliphatic carbocycles. The first kappa shape index (κ1) is 12.9. The number of fused-ring (bicyclic) bond motifs is 3. The second-order valence-corrected chi connectivity index (χ2v) is 6.38. The van der Waals surface area contributed by atoms with Crippen molar-refractivity contribution >= 4 is 11.9 Å². The largest absolute Gasteiger partial charge is 0.469 e. The number of hydrogen-bond acceptors (Lipinski definition) is 4. The summed E-state index contributed by atoms with van der Waals surface area (Å²) >= 11 is 0. The Bertz CT molecular complexity index is 822. The van der Waals surface area contributed by atoms with E-state index in [2.05, 4.69) is 12.2 Å². The lowest BCUT2D eigenvalue weighted by Gasteiger charge is -2.30. The molecule has 1 spiro atoms. The van der Waals surface area contributed by atoms with E-state index >= 15 is 0 Å². The second kappa shape index (κ2) is 4.44. The van der Waals surface area contributed by atoms with E-state index in [4.69, 9.17) is 14.1 Å². The van der Waals surface area contributed by atoms with Crippen LogP contribution in [0.2, 0.25) is 0 Å². The highest BCUT2D eigenvalue weighted by Gasteiger charge is 2.66. The van der Waals surface area contributed by atoms with Gasteiger partial charge in [-0.25, -0.2) is 9.79 Å². The Morgan fingerprint density at radius 2 is 1.96 bits per heavy atom. The van der Waals surface area contributed by atoms with Gasteiger partial charge in [-0.05, 0) is 36.6 Å². The minimum absolute atomic E-state index is 0.0799. The van der Waals surface area contributed by atoms with Crippen molar-refractivity contribution in [1.82, 2.24) is 0 Å². The van der Waals surface area contributed by atoms with Crippen LogP contribution in [0.15, 0.2) is 70.3 Å². The fourth-order valence-corrected chi connectivity index (χ4v) is 4.29. The molecule has 0 radical (unpaired) electrons. The number of carbonyl (C=O) groups excluding carboxylic acids is 1. The lowest BCUT2D eigenvalue weighted by atomic mass is 9.75. The monoisotopic (exact) mass is 305 g/mol. The van der Waals surface area contributed by atoms with E-state index in [-0.39, 0.29) is 23.7 Å². The Hall–Kier alpha value is -2.62.